The van der Waals surface area contributed by atoms with E-state index in [1.54, 1.807) is 0 Å². The van der Waals surface area contributed by atoms with Gasteiger partial charge in [0, 0.05) is 67.7 Å². The van der Waals surface area contributed by atoms with Crippen molar-refractivity contribution in [1.82, 2.24) is 0 Å². The molecule has 15 rings (SSSR count). The Morgan fingerprint density at radius 1 is 0.405 bits per heavy atom. The first-order chi connectivity index (χ1) is 35.5. The van der Waals surface area contributed by atoms with Crippen LogP contribution in [0.2, 0.25) is 0 Å². The van der Waals surface area contributed by atoms with Crippen LogP contribution < -0.4 is 20.6 Å². The number of aryl methyl sites for hydroxylation is 1. The van der Waals surface area contributed by atoms with Gasteiger partial charge in [0.1, 0.15) is 22.3 Å². The average Bonchev–Trinajstić information content (AvgIpc) is 3.97. The van der Waals surface area contributed by atoms with Crippen LogP contribution in [-0.4, -0.2) is 6.85 Å². The zero-order valence-corrected chi connectivity index (χ0v) is 44.1. The Balaban J connectivity index is 1.02. The minimum absolute atomic E-state index is 0.0545. The second kappa shape index (κ2) is 14.8. The molecule has 0 unspecified atom stereocenters. The van der Waals surface area contributed by atoms with E-state index in [1.807, 2.05) is 0 Å². The van der Waals surface area contributed by atoms with Crippen LogP contribution in [-0.2, 0) is 21.7 Å². The lowest BCUT2D eigenvalue weighted by molar-refractivity contribution is 0.332. The second-order valence-corrected chi connectivity index (χ2v) is 25.1. The SMILES string of the molecule is Cc1cc2c3c(c1)N(c1ccc4c(c1)oc1cc5c(cc14)C(C)(C)CCC5(C)C)c1cc4oc5cc6c(cc5c4cc1B3N(c1ccc(-c3ccccc3)cc1)c1cc3ccccc3cc1-2)C(C)(C)CCC6(C)C. The highest BCUT2D eigenvalue weighted by atomic mass is 16.3. The zero-order chi connectivity index (χ0) is 50.4. The third-order valence-electron chi connectivity index (χ3n) is 18.6. The fraction of sp³-hybridized carbons (Fsp3) is 0.246. The molecule has 362 valence electrons. The predicted molar refractivity (Wildman–Crippen MR) is 313 cm³/mol. The summed E-state index contributed by atoms with van der Waals surface area (Å²) in [6, 6.07) is 60.1. The molecule has 5 heteroatoms. The molecule has 9 aromatic carbocycles. The van der Waals surface area contributed by atoms with Gasteiger partial charge in [-0.3, -0.25) is 0 Å². The molecule has 0 saturated carbocycles. The van der Waals surface area contributed by atoms with E-state index in [0.717, 1.165) is 69.4 Å². The number of anilines is 5. The van der Waals surface area contributed by atoms with Crippen molar-refractivity contribution in [2.45, 2.75) is 110 Å². The number of benzene rings is 9. The molecule has 0 fully saturated rings. The Bertz CT molecular complexity index is 4230. The topological polar surface area (TPSA) is 32.8 Å². The molecule has 2 aromatic heterocycles. The molecule has 0 amide bonds. The number of nitrogens with zero attached hydrogens (tertiary/aromatic N) is 2. The van der Waals surface area contributed by atoms with Gasteiger partial charge in [0.05, 0.1) is 0 Å². The number of furan rings is 2. The van der Waals surface area contributed by atoms with Gasteiger partial charge in [0.2, 0.25) is 0 Å². The normalized spacial score (nSPS) is 17.7. The van der Waals surface area contributed by atoms with Crippen molar-refractivity contribution in [3.05, 3.63) is 186 Å². The van der Waals surface area contributed by atoms with Gasteiger partial charge in [-0.2, -0.15) is 0 Å². The Morgan fingerprint density at radius 3 is 1.55 bits per heavy atom. The average molecular weight is 961 g/mol. The monoisotopic (exact) mass is 960 g/mol. The van der Waals surface area contributed by atoms with Crippen molar-refractivity contribution < 1.29 is 8.83 Å². The van der Waals surface area contributed by atoms with Gasteiger partial charge in [-0.05, 0) is 187 Å². The molecule has 0 radical (unpaired) electrons. The first kappa shape index (κ1) is 44.0. The van der Waals surface area contributed by atoms with E-state index in [2.05, 4.69) is 230 Å². The smallest absolute Gasteiger partial charge is 0.333 e. The van der Waals surface area contributed by atoms with Crippen molar-refractivity contribution >= 4 is 101 Å². The van der Waals surface area contributed by atoms with Gasteiger partial charge < -0.3 is 18.5 Å². The van der Waals surface area contributed by atoms with Crippen LogP contribution >= 0.6 is 0 Å². The number of hydrogen-bond donors (Lipinski definition) is 0. The van der Waals surface area contributed by atoms with Gasteiger partial charge in [0.15, 0.2) is 0 Å². The first-order valence-electron chi connectivity index (χ1n) is 27.0. The Hall–Kier alpha value is -7.50. The van der Waals surface area contributed by atoms with Gasteiger partial charge >= 0.3 is 6.85 Å². The molecule has 4 aliphatic rings. The summed E-state index contributed by atoms with van der Waals surface area (Å²) in [7, 11) is 0. The van der Waals surface area contributed by atoms with Crippen LogP contribution in [0.25, 0.3) is 76.9 Å². The summed E-state index contributed by atoms with van der Waals surface area (Å²) in [5.41, 5.74) is 24.1. The molecule has 2 aliphatic carbocycles. The molecular formula is C69H61BN2O2. The van der Waals surface area contributed by atoms with E-state index >= 15 is 0 Å². The Labute approximate surface area is 434 Å². The first-order valence-corrected chi connectivity index (χ1v) is 27.0. The lowest BCUT2D eigenvalue weighted by Crippen LogP contribution is -2.61. The van der Waals surface area contributed by atoms with E-state index in [0.29, 0.717) is 0 Å². The van der Waals surface area contributed by atoms with E-state index in [1.165, 1.54) is 100 Å². The van der Waals surface area contributed by atoms with Crippen LogP contribution in [0.1, 0.15) is 109 Å². The molecule has 11 aromatic rings. The molecule has 0 atom stereocenters. The van der Waals surface area contributed by atoms with Crippen LogP contribution in [0.4, 0.5) is 28.4 Å². The Kier molecular flexibility index (Phi) is 8.83. The van der Waals surface area contributed by atoms with Crippen molar-refractivity contribution in [1.29, 1.82) is 0 Å². The lowest BCUT2D eigenvalue weighted by atomic mass is 9.43. The molecule has 4 nitrogen and oxygen atoms in total. The van der Waals surface area contributed by atoms with Crippen molar-refractivity contribution in [2.75, 3.05) is 9.71 Å². The molecule has 0 saturated heterocycles. The maximum Gasteiger partial charge on any atom is 0.333 e. The third kappa shape index (κ3) is 6.22. The zero-order valence-electron chi connectivity index (χ0n) is 44.1. The van der Waals surface area contributed by atoms with Crippen molar-refractivity contribution in [3.8, 4) is 22.3 Å². The minimum atomic E-state index is -0.168. The fourth-order valence-electron chi connectivity index (χ4n) is 14.1. The highest BCUT2D eigenvalue weighted by Gasteiger charge is 2.47. The van der Waals surface area contributed by atoms with Crippen LogP contribution in [0.3, 0.4) is 0 Å². The van der Waals surface area contributed by atoms with Gasteiger partial charge in [-0.15, -0.1) is 0 Å². The predicted octanol–water partition coefficient (Wildman–Crippen LogP) is 18.0. The molecular weight excluding hydrogens is 900 g/mol. The van der Waals surface area contributed by atoms with E-state index in [-0.39, 0.29) is 28.5 Å². The molecule has 4 heterocycles. The Morgan fingerprint density at radius 2 is 0.919 bits per heavy atom. The summed E-state index contributed by atoms with van der Waals surface area (Å²) < 4.78 is 14.2. The highest BCUT2D eigenvalue weighted by Crippen LogP contribution is 2.53. The summed E-state index contributed by atoms with van der Waals surface area (Å²) in [4.78, 5) is 5.16. The third-order valence-corrected chi connectivity index (χ3v) is 18.6. The molecule has 0 spiro atoms. The maximum absolute atomic E-state index is 7.15. The molecule has 0 N–H and O–H groups in total. The van der Waals surface area contributed by atoms with Crippen LogP contribution in [0.15, 0.2) is 167 Å². The lowest BCUT2D eigenvalue weighted by Gasteiger charge is -2.46. The summed E-state index contributed by atoms with van der Waals surface area (Å²) in [5, 5.41) is 7.15. The van der Waals surface area contributed by atoms with Crippen LogP contribution in [0.5, 0.6) is 0 Å². The van der Waals surface area contributed by atoms with Gasteiger partial charge in [-0.1, -0.05) is 134 Å². The van der Waals surface area contributed by atoms with Crippen molar-refractivity contribution in [3.63, 3.8) is 0 Å². The van der Waals surface area contributed by atoms with E-state index < -0.39 is 0 Å². The quantitative estimate of drug-likeness (QED) is 0.165. The number of hydrogen-bond acceptors (Lipinski definition) is 4. The summed E-state index contributed by atoms with van der Waals surface area (Å²) in [6.07, 6.45) is 4.63. The highest BCUT2D eigenvalue weighted by molar-refractivity contribution is 6.93. The number of fused-ring (bicyclic) bond motifs is 13. The van der Waals surface area contributed by atoms with Gasteiger partial charge in [0.25, 0.3) is 0 Å². The maximum atomic E-state index is 7.15. The second-order valence-electron chi connectivity index (χ2n) is 25.1. The van der Waals surface area contributed by atoms with Gasteiger partial charge in [-0.25, -0.2) is 0 Å². The summed E-state index contributed by atoms with van der Waals surface area (Å²) in [5.74, 6) is 0. The molecule has 0 bridgehead atoms. The number of rotatable bonds is 3. The summed E-state index contributed by atoms with van der Waals surface area (Å²) in [6.45, 7) is 21.4. The molecule has 2 aliphatic heterocycles. The summed E-state index contributed by atoms with van der Waals surface area (Å²) >= 11 is 0. The largest absolute Gasteiger partial charge is 0.456 e. The standard InChI is InChI=1S/C69H61BN2O2/c1-40-29-52-48-31-43-17-13-14-18-44(43)32-58(48)72(45-21-19-42(20-22-45)41-15-11-10-12-16-41)70-57-36-51-50-35-54-56(69(8,9)28-26-67(54,4)5)38-63(50)74-64(51)39-59(57)71(60(30-40)65(52)70)46-23-24-47-49-34-53-55(37-62(49)73-61(47)33-46)68(6,7)27-25-66(53,2)3/h10-24,29-39H,25-28H2,1-9H3. The fourth-order valence-corrected chi connectivity index (χ4v) is 14.1. The van der Waals surface area contributed by atoms with Crippen molar-refractivity contribution in [2.24, 2.45) is 0 Å². The molecule has 74 heavy (non-hydrogen) atoms. The van der Waals surface area contributed by atoms with Crippen LogP contribution in [0, 0.1) is 6.92 Å². The van der Waals surface area contributed by atoms with E-state index in [9.17, 15) is 0 Å². The minimum Gasteiger partial charge on any atom is -0.456 e. The van der Waals surface area contributed by atoms with E-state index in [4.69, 9.17) is 8.83 Å².